The molecule has 3 aromatic rings. The summed E-state index contributed by atoms with van der Waals surface area (Å²) in [6, 6.07) is 2.98. The summed E-state index contributed by atoms with van der Waals surface area (Å²) in [7, 11) is 2.87. The molecule has 0 aliphatic carbocycles. The molecule has 0 atom stereocenters. The third-order valence-electron chi connectivity index (χ3n) is 3.71. The van der Waals surface area contributed by atoms with Crippen molar-refractivity contribution in [2.45, 2.75) is 6.92 Å². The molecule has 0 saturated carbocycles. The molecule has 1 heterocycles. The number of rotatable bonds is 2. The van der Waals surface area contributed by atoms with E-state index in [9.17, 15) is 9.90 Å². The topological polar surface area (TPSA) is 68.9 Å². The van der Waals surface area contributed by atoms with E-state index in [4.69, 9.17) is 37.1 Å². The van der Waals surface area contributed by atoms with Crippen LogP contribution in [0.2, 0.25) is 10.0 Å². The average Bonchev–Trinajstić information content (AvgIpc) is 2.53. The predicted molar refractivity (Wildman–Crippen MR) is 89.5 cm³/mol. The van der Waals surface area contributed by atoms with Crippen molar-refractivity contribution in [1.29, 1.82) is 0 Å². The highest BCUT2D eigenvalue weighted by molar-refractivity contribution is 6.35. The Balaban J connectivity index is 2.58. The lowest BCUT2D eigenvalue weighted by molar-refractivity contribution is 0.408. The fraction of sp³-hybridized carbons (Fsp3) is 0.188. The minimum Gasteiger partial charge on any atom is -0.505 e. The molecule has 1 aromatic heterocycles. The molecule has 0 aliphatic heterocycles. The lowest BCUT2D eigenvalue weighted by Crippen LogP contribution is -2.06. The monoisotopic (exact) mass is 354 g/mol. The van der Waals surface area contributed by atoms with Gasteiger partial charge in [0.25, 0.3) is 0 Å². The number of aryl methyl sites for hydroxylation is 1. The highest BCUT2D eigenvalue weighted by atomic mass is 35.5. The van der Waals surface area contributed by atoms with E-state index >= 15 is 0 Å². The molecule has 1 N–H and O–H groups in total. The van der Waals surface area contributed by atoms with Gasteiger partial charge in [-0.1, -0.05) is 23.2 Å². The summed E-state index contributed by atoms with van der Waals surface area (Å²) in [5, 5.41) is 10.7. The first-order valence-corrected chi connectivity index (χ1v) is 7.35. The smallest absolute Gasteiger partial charge is 0.204 e. The third kappa shape index (κ3) is 2.19. The molecule has 0 bridgehead atoms. The van der Waals surface area contributed by atoms with Gasteiger partial charge in [0.05, 0.1) is 24.6 Å². The lowest BCUT2D eigenvalue weighted by Gasteiger charge is -2.12. The molecule has 0 amide bonds. The summed E-state index contributed by atoms with van der Waals surface area (Å²) < 4.78 is 16.0. The summed E-state index contributed by atoms with van der Waals surface area (Å²) in [4.78, 5) is 12.8. The number of hydrogen-bond acceptors (Lipinski definition) is 5. The van der Waals surface area contributed by atoms with Gasteiger partial charge in [0.1, 0.15) is 33.1 Å². The number of phenolic OH excluding ortho intramolecular Hbond substituents is 1. The van der Waals surface area contributed by atoms with Gasteiger partial charge < -0.3 is 19.0 Å². The second-order valence-electron chi connectivity index (χ2n) is 4.94. The Labute approximate surface area is 140 Å². The van der Waals surface area contributed by atoms with Crippen LogP contribution in [0.3, 0.4) is 0 Å². The quantitative estimate of drug-likeness (QED) is 0.695. The van der Waals surface area contributed by atoms with Crippen molar-refractivity contribution in [3.63, 3.8) is 0 Å². The number of fused-ring (bicyclic) bond motifs is 2. The van der Waals surface area contributed by atoms with Crippen molar-refractivity contribution in [3.8, 4) is 17.2 Å². The minimum absolute atomic E-state index is 0.0207. The van der Waals surface area contributed by atoms with Gasteiger partial charge in [-0.25, -0.2) is 0 Å². The van der Waals surface area contributed by atoms with E-state index in [2.05, 4.69) is 0 Å². The summed E-state index contributed by atoms with van der Waals surface area (Å²) in [6.45, 7) is 1.68. The van der Waals surface area contributed by atoms with E-state index in [1.807, 2.05) is 0 Å². The number of aromatic hydroxyl groups is 1. The van der Waals surface area contributed by atoms with E-state index in [1.165, 1.54) is 26.4 Å². The summed E-state index contributed by atoms with van der Waals surface area (Å²) >= 11 is 12.2. The van der Waals surface area contributed by atoms with Crippen molar-refractivity contribution in [2.75, 3.05) is 14.2 Å². The fourth-order valence-electron chi connectivity index (χ4n) is 2.53. The molecule has 23 heavy (non-hydrogen) atoms. The second kappa shape index (κ2) is 5.51. The zero-order chi connectivity index (χ0) is 16.9. The molecule has 5 nitrogen and oxygen atoms in total. The lowest BCUT2D eigenvalue weighted by atomic mass is 10.1. The van der Waals surface area contributed by atoms with E-state index in [-0.39, 0.29) is 32.9 Å². The van der Waals surface area contributed by atoms with Gasteiger partial charge in [-0.05, 0) is 12.5 Å². The maximum atomic E-state index is 12.8. The average molecular weight is 355 g/mol. The first-order valence-electron chi connectivity index (χ1n) is 6.59. The van der Waals surface area contributed by atoms with Crippen molar-refractivity contribution >= 4 is 45.1 Å². The van der Waals surface area contributed by atoms with Crippen molar-refractivity contribution < 1.29 is 19.0 Å². The maximum absolute atomic E-state index is 12.8. The third-order valence-corrected chi connectivity index (χ3v) is 4.55. The van der Waals surface area contributed by atoms with E-state index in [0.29, 0.717) is 21.9 Å². The fourth-order valence-corrected chi connectivity index (χ4v) is 2.99. The van der Waals surface area contributed by atoms with Crippen LogP contribution < -0.4 is 14.9 Å². The summed E-state index contributed by atoms with van der Waals surface area (Å²) in [6.07, 6.45) is 0. The number of methoxy groups -OCH3 is 2. The van der Waals surface area contributed by atoms with Crippen molar-refractivity contribution in [2.24, 2.45) is 0 Å². The zero-order valence-electron chi connectivity index (χ0n) is 12.5. The number of hydrogen-bond donors (Lipinski definition) is 1. The Morgan fingerprint density at radius 3 is 2.09 bits per heavy atom. The van der Waals surface area contributed by atoms with Crippen molar-refractivity contribution in [1.82, 2.24) is 0 Å². The molecule has 2 aromatic carbocycles. The molecular formula is C16H12Cl2O5. The minimum atomic E-state index is -0.426. The molecule has 0 radical (unpaired) electrons. The Kier molecular flexibility index (Phi) is 3.78. The van der Waals surface area contributed by atoms with Crippen LogP contribution in [-0.2, 0) is 0 Å². The van der Waals surface area contributed by atoms with Crippen molar-refractivity contribution in [3.05, 3.63) is 38.0 Å². The normalized spacial score (nSPS) is 11.2. The van der Waals surface area contributed by atoms with Crippen LogP contribution in [0, 0.1) is 6.92 Å². The zero-order valence-corrected chi connectivity index (χ0v) is 14.0. The van der Waals surface area contributed by atoms with Crippen LogP contribution in [0.25, 0.3) is 21.9 Å². The van der Waals surface area contributed by atoms with Crippen LogP contribution in [0.1, 0.15) is 5.56 Å². The Hall–Kier alpha value is -2.11. The van der Waals surface area contributed by atoms with Gasteiger partial charge in [0.15, 0.2) is 5.75 Å². The van der Waals surface area contributed by atoms with E-state index in [0.717, 1.165) is 0 Å². The number of phenols is 1. The largest absolute Gasteiger partial charge is 0.505 e. The van der Waals surface area contributed by atoms with Gasteiger partial charge in [-0.15, -0.1) is 0 Å². The Bertz CT molecular complexity index is 930. The first kappa shape index (κ1) is 15.8. The van der Waals surface area contributed by atoms with Gasteiger partial charge in [-0.3, -0.25) is 4.79 Å². The van der Waals surface area contributed by atoms with Crippen LogP contribution in [0.5, 0.6) is 17.2 Å². The SMILES string of the molecule is COc1cc2oc3cc(OC)c(Cl)c(O)c3c(=O)c2c(C)c1Cl. The number of benzene rings is 2. The van der Waals surface area contributed by atoms with Gasteiger partial charge in [0.2, 0.25) is 5.43 Å². The summed E-state index contributed by atoms with van der Waals surface area (Å²) in [5.74, 6) is 0.212. The summed E-state index contributed by atoms with van der Waals surface area (Å²) in [5.41, 5.74) is 0.531. The Morgan fingerprint density at radius 2 is 1.52 bits per heavy atom. The van der Waals surface area contributed by atoms with Gasteiger partial charge in [-0.2, -0.15) is 0 Å². The molecule has 7 heteroatoms. The highest BCUT2D eigenvalue weighted by Crippen LogP contribution is 2.41. The highest BCUT2D eigenvalue weighted by Gasteiger charge is 2.21. The van der Waals surface area contributed by atoms with Crippen LogP contribution in [0.15, 0.2) is 21.3 Å². The van der Waals surface area contributed by atoms with Crippen LogP contribution >= 0.6 is 23.2 Å². The molecule has 0 aliphatic rings. The molecule has 0 spiro atoms. The van der Waals surface area contributed by atoms with E-state index in [1.54, 1.807) is 6.92 Å². The van der Waals surface area contributed by atoms with E-state index < -0.39 is 5.43 Å². The van der Waals surface area contributed by atoms with Gasteiger partial charge in [0, 0.05) is 12.1 Å². The molecular weight excluding hydrogens is 343 g/mol. The van der Waals surface area contributed by atoms with Crippen LogP contribution in [0.4, 0.5) is 0 Å². The molecule has 0 fully saturated rings. The first-order chi connectivity index (χ1) is 10.9. The number of halogens is 2. The van der Waals surface area contributed by atoms with Crippen LogP contribution in [-0.4, -0.2) is 19.3 Å². The molecule has 0 unspecified atom stereocenters. The standard InChI is InChI=1S/C16H12Cl2O5/c1-6-11-7(4-9(21-2)13(6)17)23-8-5-10(22-3)14(18)16(20)12(8)15(11)19/h4-5,20H,1-3H3. The maximum Gasteiger partial charge on any atom is 0.204 e. The molecule has 3 rings (SSSR count). The second-order valence-corrected chi connectivity index (χ2v) is 5.69. The van der Waals surface area contributed by atoms with Gasteiger partial charge >= 0.3 is 0 Å². The predicted octanol–water partition coefficient (Wildman–Crippen LogP) is 4.28. The Morgan fingerprint density at radius 1 is 1.00 bits per heavy atom. The number of ether oxygens (including phenoxy) is 2. The molecule has 0 saturated heterocycles. The molecule has 120 valence electrons.